The smallest absolute Gasteiger partial charge is 0.329 e. The van der Waals surface area contributed by atoms with E-state index in [1.807, 2.05) is 0 Å². The number of esters is 1. The Kier molecular flexibility index (Phi) is 8.61. The number of primary amides is 1. The van der Waals surface area contributed by atoms with Crippen LogP contribution in [0.4, 0.5) is 0 Å². The summed E-state index contributed by atoms with van der Waals surface area (Å²) in [5.74, 6) is -1.67. The van der Waals surface area contributed by atoms with Crippen molar-refractivity contribution in [2.45, 2.75) is 52.0 Å². The summed E-state index contributed by atoms with van der Waals surface area (Å²) in [6, 6.07) is -0.980. The van der Waals surface area contributed by atoms with Crippen LogP contribution in [0.25, 0.3) is 0 Å². The topological polar surface area (TPSA) is 98.5 Å². The molecule has 0 aliphatic heterocycles. The van der Waals surface area contributed by atoms with Gasteiger partial charge in [0.2, 0.25) is 11.8 Å². The van der Waals surface area contributed by atoms with Crippen LogP contribution in [0.1, 0.15) is 46.0 Å². The first kappa shape index (κ1) is 16.4. The van der Waals surface area contributed by atoms with E-state index in [1.165, 1.54) is 6.92 Å². The molecule has 0 unspecified atom stereocenters. The first-order valence-corrected chi connectivity index (χ1v) is 6.19. The molecule has 104 valence electrons. The molecule has 1 atom stereocenters. The van der Waals surface area contributed by atoms with Gasteiger partial charge in [-0.2, -0.15) is 0 Å². The summed E-state index contributed by atoms with van der Waals surface area (Å²) in [6.45, 7) is 3.65. The zero-order chi connectivity index (χ0) is 14.0. The predicted molar refractivity (Wildman–Crippen MR) is 66.5 cm³/mol. The number of rotatable bonds is 9. The fourth-order valence-corrected chi connectivity index (χ4v) is 1.44. The van der Waals surface area contributed by atoms with Gasteiger partial charge in [-0.05, 0) is 6.42 Å². The number of ether oxygens (including phenoxy) is 1. The number of nitrogens with one attached hydrogen (secondary N) is 1. The number of hydrogen-bond acceptors (Lipinski definition) is 4. The summed E-state index contributed by atoms with van der Waals surface area (Å²) in [5.41, 5.74) is 5.00. The SMILES string of the molecule is CCCCCCOC(=O)[C@H](CC(N)=O)NC(C)=O. The average molecular weight is 258 g/mol. The molecule has 0 bridgehead atoms. The van der Waals surface area contributed by atoms with Gasteiger partial charge in [-0.25, -0.2) is 4.79 Å². The maximum atomic E-state index is 11.6. The Hall–Kier alpha value is -1.59. The predicted octanol–water partition coefficient (Wildman–Crippen LogP) is 0.490. The summed E-state index contributed by atoms with van der Waals surface area (Å²) in [7, 11) is 0. The lowest BCUT2D eigenvalue weighted by molar-refractivity contribution is -0.149. The molecule has 6 heteroatoms. The standard InChI is InChI=1S/C12H22N2O4/c1-3-4-5-6-7-18-12(17)10(8-11(13)16)14-9(2)15/h10H,3-8H2,1-2H3,(H2,13,16)(H,14,15)/t10-/m0/s1. The van der Waals surface area contributed by atoms with Crippen molar-refractivity contribution in [1.29, 1.82) is 0 Å². The summed E-state index contributed by atoms with van der Waals surface area (Å²) >= 11 is 0. The Morgan fingerprint density at radius 3 is 2.39 bits per heavy atom. The van der Waals surface area contributed by atoms with E-state index in [2.05, 4.69) is 12.2 Å². The lowest BCUT2D eigenvalue weighted by Gasteiger charge is -2.15. The van der Waals surface area contributed by atoms with Gasteiger partial charge in [0.15, 0.2) is 0 Å². The highest BCUT2D eigenvalue weighted by molar-refractivity contribution is 5.88. The molecule has 0 saturated heterocycles. The third-order valence-corrected chi connectivity index (χ3v) is 2.31. The van der Waals surface area contributed by atoms with Crippen molar-refractivity contribution in [3.05, 3.63) is 0 Å². The molecule has 0 fully saturated rings. The number of unbranched alkanes of at least 4 members (excludes halogenated alkanes) is 3. The fourth-order valence-electron chi connectivity index (χ4n) is 1.44. The molecule has 0 spiro atoms. The Bertz CT molecular complexity index is 276. The van der Waals surface area contributed by atoms with E-state index in [0.29, 0.717) is 6.61 Å². The normalized spacial score (nSPS) is 11.7. The maximum Gasteiger partial charge on any atom is 0.329 e. The monoisotopic (exact) mass is 258 g/mol. The molecule has 0 rings (SSSR count). The molecule has 0 aliphatic carbocycles. The van der Waals surface area contributed by atoms with Crippen molar-refractivity contribution in [3.8, 4) is 0 Å². The Morgan fingerprint density at radius 1 is 1.22 bits per heavy atom. The van der Waals surface area contributed by atoms with Crippen LogP contribution in [0.15, 0.2) is 0 Å². The summed E-state index contributed by atoms with van der Waals surface area (Å²) in [5, 5.41) is 2.35. The van der Waals surface area contributed by atoms with Crippen molar-refractivity contribution in [2.75, 3.05) is 6.61 Å². The number of nitrogens with two attached hydrogens (primary N) is 1. The van der Waals surface area contributed by atoms with E-state index in [4.69, 9.17) is 10.5 Å². The Labute approximate surface area is 107 Å². The van der Waals surface area contributed by atoms with Gasteiger partial charge >= 0.3 is 5.97 Å². The van der Waals surface area contributed by atoms with Gasteiger partial charge in [0.05, 0.1) is 13.0 Å². The molecule has 3 N–H and O–H groups in total. The third-order valence-electron chi connectivity index (χ3n) is 2.31. The minimum atomic E-state index is -0.980. The number of hydrogen-bond donors (Lipinski definition) is 2. The quantitative estimate of drug-likeness (QED) is 0.464. The molecule has 18 heavy (non-hydrogen) atoms. The fraction of sp³-hybridized carbons (Fsp3) is 0.750. The highest BCUT2D eigenvalue weighted by Gasteiger charge is 2.22. The van der Waals surface area contributed by atoms with Gasteiger partial charge in [-0.15, -0.1) is 0 Å². The van der Waals surface area contributed by atoms with E-state index in [9.17, 15) is 14.4 Å². The van der Waals surface area contributed by atoms with Crippen LogP contribution < -0.4 is 11.1 Å². The van der Waals surface area contributed by atoms with Crippen LogP contribution in [0.2, 0.25) is 0 Å². The van der Waals surface area contributed by atoms with Crippen molar-refractivity contribution in [1.82, 2.24) is 5.32 Å². The van der Waals surface area contributed by atoms with Crippen molar-refractivity contribution >= 4 is 17.8 Å². The summed E-state index contributed by atoms with van der Waals surface area (Å²) in [6.07, 6.45) is 3.72. The van der Waals surface area contributed by atoms with E-state index in [-0.39, 0.29) is 6.42 Å². The molecule has 2 amide bonds. The lowest BCUT2D eigenvalue weighted by atomic mass is 10.2. The van der Waals surface area contributed by atoms with Gasteiger partial charge in [0.25, 0.3) is 0 Å². The van der Waals surface area contributed by atoms with E-state index >= 15 is 0 Å². The Balaban J connectivity index is 4.04. The first-order chi connectivity index (χ1) is 8.47. The second-order valence-electron chi connectivity index (χ2n) is 4.15. The Morgan fingerprint density at radius 2 is 1.89 bits per heavy atom. The maximum absolute atomic E-state index is 11.6. The van der Waals surface area contributed by atoms with Gasteiger partial charge < -0.3 is 15.8 Å². The second-order valence-corrected chi connectivity index (χ2v) is 4.15. The van der Waals surface area contributed by atoms with E-state index < -0.39 is 23.8 Å². The van der Waals surface area contributed by atoms with Gasteiger partial charge in [0, 0.05) is 6.92 Å². The molecule has 0 aliphatic rings. The molecular weight excluding hydrogens is 236 g/mol. The molecule has 0 aromatic carbocycles. The number of carbonyl (C=O) groups is 3. The first-order valence-electron chi connectivity index (χ1n) is 6.19. The molecule has 0 aromatic rings. The zero-order valence-corrected chi connectivity index (χ0v) is 11.0. The molecule has 0 radical (unpaired) electrons. The van der Waals surface area contributed by atoms with E-state index in [0.717, 1.165) is 25.7 Å². The van der Waals surface area contributed by atoms with Gasteiger partial charge in [-0.3, -0.25) is 9.59 Å². The van der Waals surface area contributed by atoms with Crippen molar-refractivity contribution < 1.29 is 19.1 Å². The third kappa shape index (κ3) is 8.55. The highest BCUT2D eigenvalue weighted by Crippen LogP contribution is 2.01. The van der Waals surface area contributed by atoms with Crippen LogP contribution in [0, 0.1) is 0 Å². The molecule has 0 heterocycles. The summed E-state index contributed by atoms with van der Waals surface area (Å²) in [4.78, 5) is 33.3. The van der Waals surface area contributed by atoms with Crippen LogP contribution >= 0.6 is 0 Å². The second kappa shape index (κ2) is 9.44. The lowest BCUT2D eigenvalue weighted by Crippen LogP contribution is -2.43. The number of amides is 2. The highest BCUT2D eigenvalue weighted by atomic mass is 16.5. The molecule has 6 nitrogen and oxygen atoms in total. The zero-order valence-electron chi connectivity index (χ0n) is 11.0. The van der Waals surface area contributed by atoms with Crippen molar-refractivity contribution in [2.24, 2.45) is 5.73 Å². The van der Waals surface area contributed by atoms with Gasteiger partial charge in [0.1, 0.15) is 6.04 Å². The molecular formula is C12H22N2O4. The van der Waals surface area contributed by atoms with Crippen LogP contribution in [0.3, 0.4) is 0 Å². The number of carbonyl (C=O) groups excluding carboxylic acids is 3. The largest absolute Gasteiger partial charge is 0.464 e. The van der Waals surface area contributed by atoms with Crippen LogP contribution in [-0.4, -0.2) is 30.4 Å². The average Bonchev–Trinajstić information content (AvgIpc) is 2.26. The molecule has 0 saturated carbocycles. The van der Waals surface area contributed by atoms with Gasteiger partial charge in [-0.1, -0.05) is 26.2 Å². The van der Waals surface area contributed by atoms with E-state index in [1.54, 1.807) is 0 Å². The minimum absolute atomic E-state index is 0.243. The van der Waals surface area contributed by atoms with Crippen LogP contribution in [-0.2, 0) is 19.1 Å². The van der Waals surface area contributed by atoms with Crippen LogP contribution in [0.5, 0.6) is 0 Å². The molecule has 0 aromatic heterocycles. The minimum Gasteiger partial charge on any atom is -0.464 e. The van der Waals surface area contributed by atoms with Crippen molar-refractivity contribution in [3.63, 3.8) is 0 Å². The summed E-state index contributed by atoms with van der Waals surface area (Å²) < 4.78 is 4.99.